The van der Waals surface area contributed by atoms with Gasteiger partial charge in [0, 0.05) is 6.42 Å². The van der Waals surface area contributed by atoms with E-state index in [1.54, 1.807) is 51.1 Å². The first-order valence-electron chi connectivity index (χ1n) is 10.7. The number of Topliss-reactive ketones (excluding diaryl/α,β-unsaturated/α-hetero) is 1. The Labute approximate surface area is 208 Å². The van der Waals surface area contributed by atoms with Crippen molar-refractivity contribution >= 4 is 41.0 Å². The molecular weight excluding hydrogens is 485 g/mol. The highest BCUT2D eigenvalue weighted by Gasteiger charge is 2.55. The van der Waals surface area contributed by atoms with Crippen LogP contribution in [0.25, 0.3) is 0 Å². The molecule has 34 heavy (non-hydrogen) atoms. The predicted molar refractivity (Wildman–Crippen MR) is 127 cm³/mol. The first-order valence-corrected chi connectivity index (χ1v) is 11.5. The molecule has 0 heterocycles. The van der Waals surface area contributed by atoms with E-state index in [0.29, 0.717) is 18.4 Å². The minimum absolute atomic E-state index is 0.0125. The molecule has 0 radical (unpaired) electrons. The second kappa shape index (κ2) is 10.9. The van der Waals surface area contributed by atoms with Crippen LogP contribution in [-0.4, -0.2) is 44.3 Å². The van der Waals surface area contributed by atoms with Crippen molar-refractivity contribution in [2.24, 2.45) is 0 Å². The maximum atomic E-state index is 13.3. The Hall–Kier alpha value is -2.39. The highest BCUT2D eigenvalue weighted by atomic mass is 35.5. The molecule has 1 amide bonds. The first-order chi connectivity index (χ1) is 15.7. The van der Waals surface area contributed by atoms with Gasteiger partial charge in [-0.1, -0.05) is 66.9 Å². The van der Waals surface area contributed by atoms with E-state index < -0.39 is 50.4 Å². The molecule has 0 aliphatic heterocycles. The lowest BCUT2D eigenvalue weighted by molar-refractivity contribution is -0.148. The second-order valence-corrected chi connectivity index (χ2v) is 9.76. The average Bonchev–Trinajstić information content (AvgIpc) is 2.73. The minimum Gasteiger partial charge on any atom is -0.478 e. The van der Waals surface area contributed by atoms with Crippen LogP contribution in [0.5, 0.6) is 0 Å². The number of carbonyl (C=O) groups excluding carboxylic acids is 2. The summed E-state index contributed by atoms with van der Waals surface area (Å²) in [5.41, 5.74) is -3.77. The average molecular weight is 514 g/mol. The summed E-state index contributed by atoms with van der Waals surface area (Å²) in [6.45, 7) is 6.76. The topological polar surface area (TPSA) is 122 Å². The number of nitrogens with one attached hydrogen (secondary N) is 1. The van der Waals surface area contributed by atoms with Crippen LogP contribution in [0.3, 0.4) is 0 Å². The number of unbranched alkanes of at least 4 members (excludes halogenated alkanes) is 1. The normalized spacial score (nSPS) is 22.7. The summed E-state index contributed by atoms with van der Waals surface area (Å²) in [5, 5.41) is 19.6. The molecule has 1 aromatic rings. The zero-order valence-electron chi connectivity index (χ0n) is 19.5. The number of benzene rings is 1. The lowest BCUT2D eigenvalue weighted by Crippen LogP contribution is -2.54. The van der Waals surface area contributed by atoms with Gasteiger partial charge < -0.3 is 19.7 Å². The van der Waals surface area contributed by atoms with E-state index in [0.717, 1.165) is 6.08 Å². The number of rotatable bonds is 9. The Morgan fingerprint density at radius 1 is 1.15 bits per heavy atom. The number of alkyl halides is 1. The Balaban J connectivity index is 2.53. The van der Waals surface area contributed by atoms with E-state index in [9.17, 15) is 24.6 Å². The van der Waals surface area contributed by atoms with Crippen LogP contribution >= 0.6 is 23.2 Å². The van der Waals surface area contributed by atoms with Gasteiger partial charge in [0.25, 0.3) is 0 Å². The molecule has 0 saturated carbocycles. The number of hydrogen-bond donors (Lipinski definition) is 3. The van der Waals surface area contributed by atoms with E-state index in [-0.39, 0.29) is 13.0 Å². The lowest BCUT2D eigenvalue weighted by Gasteiger charge is -2.42. The number of alkyl carbamates (subject to hydrolysis) is 1. The number of aliphatic hydroxyl groups is 1. The Bertz CT molecular complexity index is 996. The van der Waals surface area contributed by atoms with Crippen molar-refractivity contribution in [3.8, 4) is 0 Å². The summed E-state index contributed by atoms with van der Waals surface area (Å²) >= 11 is 12.6. The Morgan fingerprint density at radius 3 is 2.29 bits per heavy atom. The van der Waals surface area contributed by atoms with E-state index in [1.807, 2.05) is 6.92 Å². The molecule has 0 fully saturated rings. The van der Waals surface area contributed by atoms with Crippen LogP contribution in [0.15, 0.2) is 52.7 Å². The Morgan fingerprint density at radius 2 is 1.76 bits per heavy atom. The van der Waals surface area contributed by atoms with Crippen molar-refractivity contribution in [1.29, 1.82) is 0 Å². The van der Waals surface area contributed by atoms with Gasteiger partial charge in [-0.05, 0) is 38.8 Å². The third-order valence-corrected chi connectivity index (χ3v) is 5.75. The number of halogens is 2. The molecule has 2 atom stereocenters. The molecule has 2 rings (SSSR count). The number of hydrogen-bond acceptors (Lipinski definition) is 6. The van der Waals surface area contributed by atoms with Gasteiger partial charge in [0.1, 0.15) is 12.2 Å². The first kappa shape index (κ1) is 27.9. The van der Waals surface area contributed by atoms with E-state index in [4.69, 9.17) is 32.7 Å². The highest BCUT2D eigenvalue weighted by Crippen LogP contribution is 2.47. The number of carboxylic acids is 1. The third kappa shape index (κ3) is 6.39. The molecule has 0 aromatic heterocycles. The van der Waals surface area contributed by atoms with Gasteiger partial charge in [0.2, 0.25) is 5.06 Å². The van der Waals surface area contributed by atoms with Gasteiger partial charge >= 0.3 is 12.1 Å². The van der Waals surface area contributed by atoms with Gasteiger partial charge in [0.15, 0.2) is 11.4 Å². The molecular formula is C24H29Cl2NO7. The molecule has 0 spiro atoms. The monoisotopic (exact) mass is 513 g/mol. The van der Waals surface area contributed by atoms with Crippen LogP contribution < -0.4 is 5.32 Å². The molecule has 1 aromatic carbocycles. The largest absolute Gasteiger partial charge is 0.478 e. The van der Waals surface area contributed by atoms with Crippen LogP contribution in [0.2, 0.25) is 0 Å². The molecule has 3 N–H and O–H groups in total. The minimum atomic E-state index is -2.76. The molecule has 1 aliphatic rings. The van der Waals surface area contributed by atoms with Gasteiger partial charge in [-0.3, -0.25) is 10.1 Å². The number of amides is 1. The molecule has 0 saturated heterocycles. The molecule has 8 nitrogen and oxygen atoms in total. The zero-order chi connectivity index (χ0) is 25.7. The predicted octanol–water partition coefficient (Wildman–Crippen LogP) is 4.63. The molecule has 10 heteroatoms. The third-order valence-electron chi connectivity index (χ3n) is 4.88. The standard InChI is InChI=1S/C24H29Cl2NO7/c1-5-6-12-17(28)23(34-22(2,3)4)13-16(24(26,32)18(19(23)25)20(29)30)27-21(31)33-14-15-10-8-7-9-11-15/h7-11,13,32H,5-6,12,14H2,1-4H3,(H,27,31)(H,29,30). The summed E-state index contributed by atoms with van der Waals surface area (Å²) in [6, 6.07) is 8.82. The van der Waals surface area contributed by atoms with Crippen LogP contribution in [0.4, 0.5) is 4.79 Å². The van der Waals surface area contributed by atoms with Crippen molar-refractivity contribution in [1.82, 2.24) is 5.32 Å². The number of aliphatic carboxylic acids is 1. The van der Waals surface area contributed by atoms with Gasteiger partial charge in [-0.2, -0.15) is 0 Å². The van der Waals surface area contributed by atoms with Gasteiger partial charge in [-0.25, -0.2) is 9.59 Å². The summed E-state index contributed by atoms with van der Waals surface area (Å²) in [5.74, 6) is -2.23. The van der Waals surface area contributed by atoms with E-state index in [1.165, 1.54) is 0 Å². The number of ketones is 1. The van der Waals surface area contributed by atoms with Crippen molar-refractivity contribution < 1.29 is 34.1 Å². The van der Waals surface area contributed by atoms with Gasteiger partial charge in [-0.15, -0.1) is 0 Å². The SMILES string of the molecule is CCCCC(=O)C1(OC(C)(C)C)C=C(NC(=O)OCc2ccccc2)C(O)(Cl)C(C(=O)O)=C1Cl. The zero-order valence-corrected chi connectivity index (χ0v) is 21.0. The maximum absolute atomic E-state index is 13.3. The summed E-state index contributed by atoms with van der Waals surface area (Å²) in [6.07, 6.45) is 1.22. The van der Waals surface area contributed by atoms with Gasteiger partial charge in [0.05, 0.1) is 16.3 Å². The quantitative estimate of drug-likeness (QED) is 0.411. The highest BCUT2D eigenvalue weighted by molar-refractivity contribution is 6.39. The van der Waals surface area contributed by atoms with Crippen molar-refractivity contribution in [3.05, 3.63) is 58.3 Å². The maximum Gasteiger partial charge on any atom is 0.411 e. The number of carboxylic acid groups (broad SMARTS) is 1. The lowest BCUT2D eigenvalue weighted by atomic mass is 9.82. The van der Waals surface area contributed by atoms with Crippen LogP contribution in [0.1, 0.15) is 52.5 Å². The van der Waals surface area contributed by atoms with E-state index >= 15 is 0 Å². The molecule has 0 bridgehead atoms. The van der Waals surface area contributed by atoms with Crippen LogP contribution in [-0.2, 0) is 25.7 Å². The molecule has 186 valence electrons. The van der Waals surface area contributed by atoms with Crippen molar-refractivity contribution in [3.63, 3.8) is 0 Å². The van der Waals surface area contributed by atoms with Crippen LogP contribution in [0, 0.1) is 0 Å². The summed E-state index contributed by atoms with van der Waals surface area (Å²) in [4.78, 5) is 37.9. The van der Waals surface area contributed by atoms with E-state index in [2.05, 4.69) is 5.32 Å². The van der Waals surface area contributed by atoms with Crippen molar-refractivity contribution in [2.75, 3.05) is 0 Å². The smallest absolute Gasteiger partial charge is 0.411 e. The molecule has 1 aliphatic carbocycles. The fourth-order valence-corrected chi connectivity index (χ4v) is 4.13. The fourth-order valence-electron chi connectivity index (χ4n) is 3.39. The fraction of sp³-hybridized carbons (Fsp3) is 0.458. The molecule has 2 unspecified atom stereocenters. The summed E-state index contributed by atoms with van der Waals surface area (Å²) < 4.78 is 11.2. The number of ether oxygens (including phenoxy) is 2. The summed E-state index contributed by atoms with van der Waals surface area (Å²) in [7, 11) is 0. The number of carbonyl (C=O) groups is 3. The van der Waals surface area contributed by atoms with Crippen molar-refractivity contribution in [2.45, 2.75) is 69.8 Å². The Kier molecular flexibility index (Phi) is 8.93. The second-order valence-electron chi connectivity index (χ2n) is 8.84.